The molecule has 108 heavy (non-hydrogen) atoms. The van der Waals surface area contributed by atoms with Crippen LogP contribution in [0.5, 0.6) is 0 Å². The van der Waals surface area contributed by atoms with Gasteiger partial charge in [-0.15, -0.1) is 0 Å². The fraction of sp³-hybridized carbons (Fsp3) is 0.923. The van der Waals surface area contributed by atoms with Gasteiger partial charge >= 0.3 is 5.97 Å². The molecule has 21 fully saturated rings. The number of carboxylic acids is 1. The van der Waals surface area contributed by atoms with Crippen molar-refractivity contribution in [2.24, 2.45) is 23.7 Å². The normalized spacial score (nSPS) is 48.5. The first kappa shape index (κ1) is 91.9. The molecular formula is C65H108NaO42. The second-order valence-corrected chi connectivity index (χ2v) is 28.7. The molecule has 0 spiro atoms. The first-order chi connectivity index (χ1) is 50.8. The van der Waals surface area contributed by atoms with Crippen molar-refractivity contribution in [2.75, 3.05) is 46.2 Å². The Labute approximate surface area is 640 Å². The van der Waals surface area contributed by atoms with Crippen molar-refractivity contribution in [3.63, 3.8) is 0 Å². The summed E-state index contributed by atoms with van der Waals surface area (Å²) in [5, 5.41) is 280. The Morgan fingerprint density at radius 2 is 0.704 bits per heavy atom. The molecule has 21 aliphatic heterocycles. The zero-order valence-corrected chi connectivity index (χ0v) is 61.5. The van der Waals surface area contributed by atoms with Gasteiger partial charge in [0.25, 0.3) is 0 Å². The summed E-state index contributed by atoms with van der Waals surface area (Å²) >= 11 is 0. The minimum absolute atomic E-state index is 0. The Hall–Kier alpha value is -1.65. The van der Waals surface area contributed by atoms with Gasteiger partial charge in [0.15, 0.2) is 50.3 Å². The number of fused-ring (bicyclic) bond motifs is 1. The molecule has 23 rings (SSSR count). The van der Waals surface area contributed by atoms with Gasteiger partial charge in [0.2, 0.25) is 0 Å². The molecule has 0 amide bonds. The molecule has 0 aromatic heterocycles. The topological polar surface area (TPSA) is 682 Å². The molecule has 0 aromatic carbocycles. The van der Waals surface area contributed by atoms with Crippen LogP contribution in [0.4, 0.5) is 0 Å². The van der Waals surface area contributed by atoms with E-state index in [2.05, 4.69) is 13.0 Å². The number of carbonyl (C=O) groups is 1. The number of hydrogen-bond donors (Lipinski definition) is 26. The van der Waals surface area contributed by atoms with E-state index < -0.39 is 292 Å². The predicted octanol–water partition coefficient (Wildman–Crippen LogP) is -13.4. The number of aliphatic carboxylic acids is 1. The van der Waals surface area contributed by atoms with Crippen molar-refractivity contribution in [1.82, 2.24) is 0 Å². The Bertz CT molecular complexity index is 2410. The zero-order valence-electron chi connectivity index (χ0n) is 59.5. The van der Waals surface area contributed by atoms with Crippen molar-refractivity contribution in [3.8, 4) is 0 Å². The molecule has 1 unspecified atom stereocenters. The molecule has 0 aromatic rings. The van der Waals surface area contributed by atoms with Crippen LogP contribution in [-0.4, -0.2) is 460 Å². The van der Waals surface area contributed by atoms with Crippen LogP contribution in [0.1, 0.15) is 59.3 Å². The third-order valence-corrected chi connectivity index (χ3v) is 21.4. The van der Waals surface area contributed by atoms with Crippen molar-refractivity contribution < 1.29 is 209 Å². The fourth-order valence-electron chi connectivity index (χ4n) is 15.0. The summed E-state index contributed by atoms with van der Waals surface area (Å²) < 4.78 is 85.5. The minimum Gasteiger partial charge on any atom is -0.481 e. The predicted molar refractivity (Wildman–Crippen MR) is 347 cm³/mol. The van der Waals surface area contributed by atoms with Gasteiger partial charge in [-0.3, -0.25) is 4.79 Å². The number of rotatable bonds is 18. The second kappa shape index (κ2) is 41.0. The van der Waals surface area contributed by atoms with Crippen molar-refractivity contribution in [3.05, 3.63) is 23.8 Å². The summed E-state index contributed by atoms with van der Waals surface area (Å²) in [4.78, 5) is 10.7. The fourth-order valence-corrected chi connectivity index (χ4v) is 15.0. The van der Waals surface area contributed by atoms with Crippen LogP contribution in [-0.2, 0) is 75.8 Å². The van der Waals surface area contributed by atoms with Crippen LogP contribution in [0, 0.1) is 23.7 Å². The van der Waals surface area contributed by atoms with Crippen molar-refractivity contribution >= 4 is 35.5 Å². The summed E-state index contributed by atoms with van der Waals surface area (Å²) in [5.74, 6) is -0.719. The first-order valence-electron chi connectivity index (χ1n) is 35.7. The molecule has 21 heterocycles. The molecule has 0 saturated carbocycles. The van der Waals surface area contributed by atoms with E-state index >= 15 is 0 Å². The van der Waals surface area contributed by atoms with Crippen LogP contribution in [0.15, 0.2) is 23.8 Å². The molecule has 23 aliphatic rings. The van der Waals surface area contributed by atoms with Gasteiger partial charge < -0.3 is 204 Å². The molecule has 14 bridgehead atoms. The van der Waals surface area contributed by atoms with Crippen LogP contribution < -0.4 is 0 Å². The molecular weight excluding hydrogens is 1480 g/mol. The summed E-state index contributed by atoms with van der Waals surface area (Å²) in [6.45, 7) is -1.30. The van der Waals surface area contributed by atoms with Gasteiger partial charge in [-0.25, -0.2) is 0 Å². The van der Waals surface area contributed by atoms with E-state index in [-0.39, 0.29) is 72.2 Å². The number of carboxylic acid groups (broad SMARTS) is 1. The molecule has 43 heteroatoms. The SMILES string of the molecule is CC[C@H](C)C(O)O[C@H]1C[C@H](O)C=C2C=C[C@H](C)[C@H](CC[C@@H](O)C[C@@H](O)CC(=O)O)[C@H]21.OC[C@H]1O[C@@H]2O[C@H]3[C@H](O)[C@@H](O)[C@@H](O[C@H]4[C@@H](O)[C@H](O)[C@@H](O[C@H]5[C@@H](O)[C@H](O)[C@@H](O[C@H]6[C@@H](O)[C@@H](O)[C@@H](O[C@H]7[C@H](O)[C@@H](O)[C@@H](O[C@H]8[C@H](O)[C@@H](O)[C@@H](O[C@H]1[C@H](O)[C@H]2O)O[C@@H]8CO)O[C@@H]7CO)O[C@@H]6CO)O[C@@H]5CO)O[C@@H]4CO)O[C@@H]3CO.[Na]. The van der Waals surface area contributed by atoms with Crippen molar-refractivity contribution in [1.29, 1.82) is 0 Å². The van der Waals surface area contributed by atoms with E-state index in [9.17, 15) is 132 Å². The standard InChI is InChI=1S/C42H70O35.C23H38O7.Na/c43-1-8-29-15(50)22(57)36(64-8)72-30-9(2-44)66-38(24(59)17(30)52)74-32-11(4-46)68-40(26(61)19(32)54)76-34-13(6-48)70-42(28(63)21(34)56)77-35-14(7-49)69-41(27(62)20(35)55)75-33-12(5-47)67-39(25(60)18(33)53)73-31-10(3-45)65-37(71-29)23(58)16(31)51;1-4-13(2)23(29)30-20-11-17(25)9-15-6-5-14(3)19(22(15)20)8-7-16(24)10-18(26)12-21(27)28;/h8-63H,1-7H2;5-6,9,13-14,16-20,22-26,29H,4,7-8,10-12H2,1-3H3,(H,27,28);/t8-,9-,10-,11-,12-,13-,14-,15-,16-,17-,18-,19+,20+,21+,22-,23-,24-,25-,26+,27-,28+,29-,30-,31-,32-,33-,34-,35-,36-,37-,38-,39-,40-,41-,42-;13-,14-,16+,17+,18+,19-,20-,22-,23?;/m10./s1. The summed E-state index contributed by atoms with van der Waals surface area (Å²) in [7, 11) is 0. The van der Waals surface area contributed by atoms with Gasteiger partial charge in [-0.05, 0) is 43.1 Å². The van der Waals surface area contributed by atoms with E-state index in [0.717, 1.165) is 12.0 Å². The Morgan fingerprint density at radius 1 is 0.435 bits per heavy atom. The number of ether oxygens (including phenoxy) is 15. The quantitative estimate of drug-likeness (QED) is 0.0448. The number of allylic oxidation sites excluding steroid dienone is 2. The summed E-state index contributed by atoms with van der Waals surface area (Å²) in [6.07, 6.45) is -66.0. The van der Waals surface area contributed by atoms with Crippen LogP contribution >= 0.6 is 0 Å². The maximum Gasteiger partial charge on any atom is 0.305 e. The third kappa shape index (κ3) is 20.6. The van der Waals surface area contributed by atoms with Crippen LogP contribution in [0.25, 0.3) is 0 Å². The second-order valence-electron chi connectivity index (χ2n) is 28.7. The van der Waals surface area contributed by atoms with E-state index in [1.807, 2.05) is 26.0 Å². The monoisotopic (exact) mass is 1580 g/mol. The van der Waals surface area contributed by atoms with Gasteiger partial charge in [0.1, 0.15) is 171 Å². The first-order valence-corrected chi connectivity index (χ1v) is 35.7. The number of aliphatic hydroxyl groups excluding tert-OH is 25. The Kier molecular flexibility index (Phi) is 34.8. The zero-order chi connectivity index (χ0) is 78.5. The molecule has 1 radical (unpaired) electrons. The van der Waals surface area contributed by atoms with Gasteiger partial charge in [0, 0.05) is 47.8 Å². The van der Waals surface area contributed by atoms with Gasteiger partial charge in [-0.1, -0.05) is 39.0 Å². The average molecular weight is 1580 g/mol. The van der Waals surface area contributed by atoms with E-state index in [0.29, 0.717) is 19.3 Å². The average Bonchev–Trinajstić information content (AvgIpc) is 0.782. The molecule has 21 saturated heterocycles. The molecule has 621 valence electrons. The smallest absolute Gasteiger partial charge is 0.305 e. The Balaban J connectivity index is 0.000000397. The molecule has 42 nitrogen and oxygen atoms in total. The van der Waals surface area contributed by atoms with E-state index in [1.54, 1.807) is 0 Å². The molecule has 2 aliphatic carbocycles. The van der Waals surface area contributed by atoms with E-state index in [4.69, 9.17) is 76.2 Å². The Morgan fingerprint density at radius 3 is 0.944 bits per heavy atom. The van der Waals surface area contributed by atoms with Crippen LogP contribution in [0.3, 0.4) is 0 Å². The van der Waals surface area contributed by atoms with E-state index in [1.165, 1.54) is 0 Å². The maximum atomic E-state index is 11.3. The minimum atomic E-state index is -2.21. The van der Waals surface area contributed by atoms with Gasteiger partial charge in [0.05, 0.1) is 77.1 Å². The van der Waals surface area contributed by atoms with Crippen LogP contribution in [0.2, 0.25) is 0 Å². The molecule has 44 atom stereocenters. The third-order valence-electron chi connectivity index (χ3n) is 21.4. The van der Waals surface area contributed by atoms with Gasteiger partial charge in [-0.2, -0.15) is 0 Å². The molecule has 26 N–H and O–H groups in total. The largest absolute Gasteiger partial charge is 0.481 e. The van der Waals surface area contributed by atoms with Crippen molar-refractivity contribution in [2.45, 2.75) is 305 Å². The maximum absolute atomic E-state index is 11.3. The summed E-state index contributed by atoms with van der Waals surface area (Å²) in [6, 6.07) is 0. The summed E-state index contributed by atoms with van der Waals surface area (Å²) in [5.41, 5.74) is 0.999. The number of aliphatic hydroxyl groups is 25. The number of hydrogen-bond acceptors (Lipinski definition) is 41.